The van der Waals surface area contributed by atoms with Crippen molar-refractivity contribution in [3.63, 3.8) is 0 Å². The summed E-state index contributed by atoms with van der Waals surface area (Å²) in [6, 6.07) is 3.41. The van der Waals surface area contributed by atoms with Gasteiger partial charge in [0.25, 0.3) is 10.0 Å². The van der Waals surface area contributed by atoms with Crippen molar-refractivity contribution < 1.29 is 12.8 Å². The van der Waals surface area contributed by atoms with Gasteiger partial charge >= 0.3 is 0 Å². The van der Waals surface area contributed by atoms with Crippen LogP contribution >= 0.6 is 11.3 Å². The number of rotatable bonds is 6. The quantitative estimate of drug-likeness (QED) is 0.577. The normalized spacial score (nSPS) is 12.6. The van der Waals surface area contributed by atoms with Crippen molar-refractivity contribution in [3.8, 4) is 0 Å². The van der Waals surface area contributed by atoms with Crippen LogP contribution in [0.15, 0.2) is 25.8 Å². The molecule has 0 amide bonds. The van der Waals surface area contributed by atoms with Crippen LogP contribution in [0.1, 0.15) is 22.2 Å². The third-order valence-corrected chi connectivity index (χ3v) is 6.87. The highest BCUT2D eigenvalue weighted by Gasteiger charge is 2.19. The molecule has 2 aromatic rings. The summed E-state index contributed by atoms with van der Waals surface area (Å²) in [5.74, 6) is 1.97. The Bertz CT molecular complexity index is 833. The first-order valence-corrected chi connectivity index (χ1v) is 9.88. The fourth-order valence-electron chi connectivity index (χ4n) is 1.94. The van der Waals surface area contributed by atoms with Crippen LogP contribution in [0.5, 0.6) is 0 Å². The minimum absolute atomic E-state index is 0.322. The third-order valence-electron chi connectivity index (χ3n) is 3.51. The molecule has 138 valence electrons. The average molecular weight is 386 g/mol. The van der Waals surface area contributed by atoms with E-state index in [4.69, 9.17) is 4.42 Å². The smallest absolute Gasteiger partial charge is 0.252 e. The molecule has 0 bridgehead atoms. The average Bonchev–Trinajstić information content (AvgIpc) is 3.15. The van der Waals surface area contributed by atoms with Crippen molar-refractivity contribution in [3.05, 3.63) is 34.4 Å². The summed E-state index contributed by atoms with van der Waals surface area (Å²) < 4.78 is 31.2. The second-order valence-electron chi connectivity index (χ2n) is 5.54. The zero-order chi connectivity index (χ0) is 18.6. The lowest BCUT2D eigenvalue weighted by atomic mass is 10.4. The van der Waals surface area contributed by atoms with Gasteiger partial charge in [-0.15, -0.1) is 11.3 Å². The molecule has 0 fully saturated rings. The van der Waals surface area contributed by atoms with E-state index in [-0.39, 0.29) is 0 Å². The molecule has 2 N–H and O–H groups in total. The maximum atomic E-state index is 12.1. The summed E-state index contributed by atoms with van der Waals surface area (Å²) in [7, 11) is 1.31. The number of aryl methyl sites for hydroxylation is 2. The Labute approximate surface area is 152 Å². The Morgan fingerprint density at radius 2 is 1.96 bits per heavy atom. The molecule has 0 spiro atoms. The summed E-state index contributed by atoms with van der Waals surface area (Å²) in [4.78, 5) is 9.33. The van der Waals surface area contributed by atoms with Crippen molar-refractivity contribution in [1.82, 2.24) is 19.9 Å². The van der Waals surface area contributed by atoms with Gasteiger partial charge < -0.3 is 15.1 Å². The Hall–Kier alpha value is -1.91. The van der Waals surface area contributed by atoms with Crippen molar-refractivity contribution in [2.45, 2.75) is 31.1 Å². The van der Waals surface area contributed by atoms with Crippen LogP contribution in [0.2, 0.25) is 0 Å². The first kappa shape index (κ1) is 19.4. The van der Waals surface area contributed by atoms with E-state index in [2.05, 4.69) is 20.6 Å². The lowest BCUT2D eigenvalue weighted by Gasteiger charge is -2.10. The molecule has 2 aromatic heterocycles. The van der Waals surface area contributed by atoms with Gasteiger partial charge in [-0.3, -0.25) is 4.99 Å². The molecule has 0 unspecified atom stereocenters. The summed E-state index contributed by atoms with van der Waals surface area (Å²) in [5.41, 5.74) is 0.868. The Balaban J connectivity index is 1.92. The van der Waals surface area contributed by atoms with Gasteiger partial charge in [0.15, 0.2) is 5.96 Å². The van der Waals surface area contributed by atoms with E-state index >= 15 is 0 Å². The molecule has 0 saturated heterocycles. The van der Waals surface area contributed by atoms with E-state index < -0.39 is 10.0 Å². The predicted octanol–water partition coefficient (Wildman–Crippen LogP) is 1.47. The van der Waals surface area contributed by atoms with Crippen LogP contribution in [0.3, 0.4) is 0 Å². The summed E-state index contributed by atoms with van der Waals surface area (Å²) in [6.07, 6.45) is 0. The number of hydrogen-bond donors (Lipinski definition) is 2. The van der Waals surface area contributed by atoms with E-state index in [9.17, 15) is 8.42 Å². The molecule has 0 aliphatic carbocycles. The Morgan fingerprint density at radius 1 is 1.28 bits per heavy atom. The number of oxazole rings is 1. The predicted molar refractivity (Wildman–Crippen MR) is 98.2 cm³/mol. The second kappa shape index (κ2) is 7.98. The van der Waals surface area contributed by atoms with Gasteiger partial charge in [-0.2, -0.15) is 0 Å². The maximum absolute atomic E-state index is 12.1. The standard InChI is InChI=1S/C15H23N5O3S2/c1-10-11(2)23-13(19-10)9-18-15(16-3)17-8-12-6-7-14(24-12)25(21,22)20(4)5/h6-7H,8-9H2,1-5H3,(H2,16,17,18). The molecule has 0 aliphatic rings. The molecular formula is C15H23N5O3S2. The summed E-state index contributed by atoms with van der Waals surface area (Å²) >= 11 is 1.23. The highest BCUT2D eigenvalue weighted by molar-refractivity contribution is 7.91. The minimum Gasteiger partial charge on any atom is -0.444 e. The molecule has 2 heterocycles. The number of nitrogens with zero attached hydrogens (tertiary/aromatic N) is 3. The van der Waals surface area contributed by atoms with Crippen molar-refractivity contribution in [2.75, 3.05) is 21.1 Å². The molecule has 2 rings (SSSR count). The molecular weight excluding hydrogens is 362 g/mol. The zero-order valence-corrected chi connectivity index (χ0v) is 16.6. The van der Waals surface area contributed by atoms with Gasteiger partial charge in [0, 0.05) is 26.0 Å². The number of nitrogens with one attached hydrogen (secondary N) is 2. The van der Waals surface area contributed by atoms with Gasteiger partial charge in [-0.1, -0.05) is 0 Å². The minimum atomic E-state index is -3.39. The third kappa shape index (κ3) is 4.80. The van der Waals surface area contributed by atoms with Gasteiger partial charge in [0.2, 0.25) is 5.89 Å². The highest BCUT2D eigenvalue weighted by Crippen LogP contribution is 2.23. The van der Waals surface area contributed by atoms with E-state index in [0.29, 0.717) is 29.1 Å². The van der Waals surface area contributed by atoms with E-state index in [1.165, 1.54) is 29.7 Å². The van der Waals surface area contributed by atoms with Crippen LogP contribution in [0.25, 0.3) is 0 Å². The molecule has 0 aromatic carbocycles. The van der Waals surface area contributed by atoms with Crippen LogP contribution in [0, 0.1) is 13.8 Å². The monoisotopic (exact) mass is 385 g/mol. The maximum Gasteiger partial charge on any atom is 0.252 e. The first-order chi connectivity index (χ1) is 11.7. The lowest BCUT2D eigenvalue weighted by molar-refractivity contribution is 0.463. The van der Waals surface area contributed by atoms with Crippen LogP contribution < -0.4 is 10.6 Å². The number of sulfonamides is 1. The largest absolute Gasteiger partial charge is 0.444 e. The Morgan fingerprint density at radius 3 is 2.52 bits per heavy atom. The number of thiophene rings is 1. The second-order valence-corrected chi connectivity index (χ2v) is 9.08. The van der Waals surface area contributed by atoms with Crippen molar-refractivity contribution >= 4 is 27.3 Å². The molecule has 0 radical (unpaired) electrons. The zero-order valence-electron chi connectivity index (χ0n) is 15.0. The first-order valence-electron chi connectivity index (χ1n) is 7.62. The molecule has 0 aliphatic heterocycles. The number of aromatic nitrogens is 1. The van der Waals surface area contributed by atoms with Crippen LogP contribution in [-0.4, -0.2) is 44.8 Å². The molecule has 0 saturated carbocycles. The van der Waals surface area contributed by atoms with Gasteiger partial charge in [-0.25, -0.2) is 17.7 Å². The number of aliphatic imine (C=N–C) groups is 1. The summed E-state index contributed by atoms with van der Waals surface area (Å²) in [5, 5.41) is 6.26. The van der Waals surface area contributed by atoms with Gasteiger partial charge in [0.1, 0.15) is 9.97 Å². The molecule has 10 heteroatoms. The number of hydrogen-bond acceptors (Lipinski definition) is 6. The van der Waals surface area contributed by atoms with Gasteiger partial charge in [0.05, 0.1) is 18.8 Å². The lowest BCUT2D eigenvalue weighted by Crippen LogP contribution is -2.36. The SMILES string of the molecule is CN=C(NCc1nc(C)c(C)o1)NCc1ccc(S(=O)(=O)N(C)C)s1. The molecule has 25 heavy (non-hydrogen) atoms. The Kier molecular flexibility index (Phi) is 6.20. The topological polar surface area (TPSA) is 99.8 Å². The van der Waals surface area contributed by atoms with Gasteiger partial charge in [-0.05, 0) is 26.0 Å². The summed E-state index contributed by atoms with van der Waals surface area (Å²) in [6.45, 7) is 4.65. The van der Waals surface area contributed by atoms with Crippen molar-refractivity contribution in [2.24, 2.45) is 4.99 Å². The molecule has 8 nitrogen and oxygen atoms in total. The van der Waals surface area contributed by atoms with E-state index in [1.807, 2.05) is 13.8 Å². The molecule has 0 atom stereocenters. The number of guanidine groups is 1. The van der Waals surface area contributed by atoms with Crippen molar-refractivity contribution in [1.29, 1.82) is 0 Å². The van der Waals surface area contributed by atoms with Crippen LogP contribution in [0.4, 0.5) is 0 Å². The fraction of sp³-hybridized carbons (Fsp3) is 0.467. The fourth-order valence-corrected chi connectivity index (χ4v) is 4.40. The van der Waals surface area contributed by atoms with E-state index in [1.54, 1.807) is 19.2 Å². The van der Waals surface area contributed by atoms with Crippen LogP contribution in [-0.2, 0) is 23.1 Å². The van der Waals surface area contributed by atoms with E-state index in [0.717, 1.165) is 16.3 Å². The highest BCUT2D eigenvalue weighted by atomic mass is 32.2.